The third-order valence-electron chi connectivity index (χ3n) is 4.14. The van der Waals surface area contributed by atoms with Crippen molar-refractivity contribution >= 4 is 0 Å². The van der Waals surface area contributed by atoms with Crippen LogP contribution in [-0.4, -0.2) is 30.5 Å². The lowest BCUT2D eigenvalue weighted by molar-refractivity contribution is -0.0655. The molecule has 108 valence electrons. The van der Waals surface area contributed by atoms with Crippen LogP contribution in [0.5, 0.6) is 0 Å². The molecular weight excluding hydrogens is 226 g/mol. The average molecular weight is 257 g/mol. The largest absolute Gasteiger partial charge is 0.394 e. The number of rotatable bonds is 4. The van der Waals surface area contributed by atoms with E-state index < -0.39 is 0 Å². The van der Waals surface area contributed by atoms with Gasteiger partial charge >= 0.3 is 0 Å². The van der Waals surface area contributed by atoms with Crippen LogP contribution in [0.2, 0.25) is 0 Å². The first-order valence-corrected chi connectivity index (χ1v) is 7.78. The summed E-state index contributed by atoms with van der Waals surface area (Å²) >= 11 is 0. The fraction of sp³-hybridized carbons (Fsp3) is 1.00. The Morgan fingerprint density at radius 1 is 0.833 bits per heavy atom. The number of ether oxygens (including phenoxy) is 1. The Morgan fingerprint density at radius 2 is 1.28 bits per heavy atom. The topological polar surface area (TPSA) is 55.5 Å². The molecule has 0 aliphatic heterocycles. The van der Waals surface area contributed by atoms with Gasteiger partial charge in [-0.3, -0.25) is 0 Å². The minimum atomic E-state index is -0.165. The Labute approximate surface area is 112 Å². The molecule has 0 spiro atoms. The van der Waals surface area contributed by atoms with Crippen molar-refractivity contribution in [2.75, 3.05) is 19.8 Å². The number of nitrogens with two attached hydrogens (primary N) is 1. The maximum atomic E-state index is 8.95. The Balaban J connectivity index is 2.46. The first kappa shape index (κ1) is 15.9. The third kappa shape index (κ3) is 6.17. The van der Waals surface area contributed by atoms with Crippen LogP contribution in [0, 0.1) is 0 Å². The van der Waals surface area contributed by atoms with Crippen LogP contribution in [0.3, 0.4) is 0 Å². The number of hydrogen-bond acceptors (Lipinski definition) is 3. The first-order valence-electron chi connectivity index (χ1n) is 7.78. The molecule has 0 atom stereocenters. The molecule has 3 N–H and O–H groups in total. The van der Waals surface area contributed by atoms with Crippen molar-refractivity contribution in [3.63, 3.8) is 0 Å². The van der Waals surface area contributed by atoms with Crippen molar-refractivity contribution < 1.29 is 9.84 Å². The van der Waals surface area contributed by atoms with E-state index in [2.05, 4.69) is 0 Å². The average Bonchev–Trinajstić information content (AvgIpc) is 2.39. The van der Waals surface area contributed by atoms with E-state index in [-0.39, 0.29) is 12.2 Å². The molecule has 1 fully saturated rings. The van der Waals surface area contributed by atoms with E-state index in [1.807, 2.05) is 0 Å². The van der Waals surface area contributed by atoms with Gasteiger partial charge < -0.3 is 15.6 Å². The van der Waals surface area contributed by atoms with Gasteiger partial charge in [0, 0.05) is 6.54 Å². The van der Waals surface area contributed by atoms with Crippen LogP contribution in [-0.2, 0) is 4.74 Å². The minimum absolute atomic E-state index is 0.0990. The van der Waals surface area contributed by atoms with Crippen LogP contribution in [0.25, 0.3) is 0 Å². The Morgan fingerprint density at radius 3 is 1.67 bits per heavy atom. The summed E-state index contributed by atoms with van der Waals surface area (Å²) in [5, 5.41) is 8.95. The zero-order chi connectivity index (χ0) is 13.1. The summed E-state index contributed by atoms with van der Waals surface area (Å²) in [5.74, 6) is 0. The summed E-state index contributed by atoms with van der Waals surface area (Å²) in [6.07, 6.45) is 14.0. The zero-order valence-corrected chi connectivity index (χ0v) is 11.8. The SMILES string of the molecule is NCC1(OCCO)CCCCCCCCCCC1. The van der Waals surface area contributed by atoms with Crippen molar-refractivity contribution in [3.8, 4) is 0 Å². The third-order valence-corrected chi connectivity index (χ3v) is 4.14. The number of aliphatic hydroxyl groups is 1. The summed E-state index contributed by atoms with van der Waals surface area (Å²) in [4.78, 5) is 0. The normalized spacial score (nSPS) is 23.0. The molecule has 3 heteroatoms. The highest BCUT2D eigenvalue weighted by molar-refractivity contribution is 4.82. The van der Waals surface area contributed by atoms with Gasteiger partial charge in [-0.15, -0.1) is 0 Å². The maximum Gasteiger partial charge on any atom is 0.0805 e. The number of aliphatic hydroxyl groups excluding tert-OH is 1. The first-order chi connectivity index (χ1) is 8.83. The molecule has 0 aromatic heterocycles. The van der Waals surface area contributed by atoms with Crippen LogP contribution in [0.4, 0.5) is 0 Å². The summed E-state index contributed by atoms with van der Waals surface area (Å²) < 4.78 is 5.90. The van der Waals surface area contributed by atoms with E-state index in [9.17, 15) is 0 Å². The van der Waals surface area contributed by atoms with Gasteiger partial charge in [0.25, 0.3) is 0 Å². The fourth-order valence-electron chi connectivity index (χ4n) is 2.93. The molecule has 0 unspecified atom stereocenters. The minimum Gasteiger partial charge on any atom is -0.394 e. The van der Waals surface area contributed by atoms with Crippen molar-refractivity contribution in [2.45, 2.75) is 76.2 Å². The Bertz CT molecular complexity index is 185. The summed E-state index contributed by atoms with van der Waals surface area (Å²) in [6, 6.07) is 0. The Hall–Kier alpha value is -0.120. The lowest BCUT2D eigenvalue weighted by Gasteiger charge is -2.33. The van der Waals surface area contributed by atoms with Gasteiger partial charge in [-0.2, -0.15) is 0 Å². The molecule has 0 bridgehead atoms. The van der Waals surface area contributed by atoms with Gasteiger partial charge in [-0.05, 0) is 12.8 Å². The van der Waals surface area contributed by atoms with E-state index in [4.69, 9.17) is 15.6 Å². The molecule has 1 saturated carbocycles. The molecule has 0 aromatic rings. The second-order valence-corrected chi connectivity index (χ2v) is 5.64. The highest BCUT2D eigenvalue weighted by Crippen LogP contribution is 2.27. The second-order valence-electron chi connectivity index (χ2n) is 5.64. The predicted octanol–water partition coefficient (Wildman–Crippen LogP) is 3.00. The molecular formula is C15H31NO2. The van der Waals surface area contributed by atoms with Crippen LogP contribution < -0.4 is 5.73 Å². The predicted molar refractivity (Wildman–Crippen MR) is 75.6 cm³/mol. The van der Waals surface area contributed by atoms with E-state index >= 15 is 0 Å². The molecule has 3 nitrogen and oxygen atoms in total. The lowest BCUT2D eigenvalue weighted by atomic mass is 9.88. The molecule has 1 aliphatic rings. The highest BCUT2D eigenvalue weighted by atomic mass is 16.5. The van der Waals surface area contributed by atoms with Crippen LogP contribution in [0.15, 0.2) is 0 Å². The van der Waals surface area contributed by atoms with E-state index in [1.54, 1.807) is 0 Å². The molecule has 0 radical (unpaired) electrons. The van der Waals surface area contributed by atoms with Crippen LogP contribution >= 0.6 is 0 Å². The summed E-state index contributed by atoms with van der Waals surface area (Å²) in [5.41, 5.74) is 5.79. The molecule has 0 aromatic carbocycles. The van der Waals surface area contributed by atoms with Gasteiger partial charge in [-0.25, -0.2) is 0 Å². The van der Waals surface area contributed by atoms with Gasteiger partial charge in [0.15, 0.2) is 0 Å². The quantitative estimate of drug-likeness (QED) is 0.814. The standard InChI is InChI=1S/C15H31NO2/c16-14-15(18-13-12-17)10-8-6-4-2-1-3-5-7-9-11-15/h17H,1-14,16H2. The molecule has 0 amide bonds. The molecule has 0 saturated heterocycles. The summed E-state index contributed by atoms with van der Waals surface area (Å²) in [7, 11) is 0. The molecule has 1 rings (SSSR count). The van der Waals surface area contributed by atoms with Gasteiger partial charge in [-0.1, -0.05) is 57.8 Å². The van der Waals surface area contributed by atoms with E-state index in [0.717, 1.165) is 12.8 Å². The molecule has 0 heterocycles. The summed E-state index contributed by atoms with van der Waals surface area (Å²) in [6.45, 7) is 1.12. The maximum absolute atomic E-state index is 8.95. The number of hydrogen-bond donors (Lipinski definition) is 2. The van der Waals surface area contributed by atoms with Crippen molar-refractivity contribution in [2.24, 2.45) is 5.73 Å². The van der Waals surface area contributed by atoms with Crippen LogP contribution in [0.1, 0.15) is 70.6 Å². The van der Waals surface area contributed by atoms with Gasteiger partial charge in [0.1, 0.15) is 0 Å². The smallest absolute Gasteiger partial charge is 0.0805 e. The zero-order valence-electron chi connectivity index (χ0n) is 11.8. The molecule has 18 heavy (non-hydrogen) atoms. The van der Waals surface area contributed by atoms with Crippen molar-refractivity contribution in [1.82, 2.24) is 0 Å². The van der Waals surface area contributed by atoms with Gasteiger partial charge in [0.05, 0.1) is 18.8 Å². The van der Waals surface area contributed by atoms with Gasteiger partial charge in [0.2, 0.25) is 0 Å². The van der Waals surface area contributed by atoms with Crippen molar-refractivity contribution in [3.05, 3.63) is 0 Å². The lowest BCUT2D eigenvalue weighted by Crippen LogP contribution is -2.41. The van der Waals surface area contributed by atoms with E-state index in [0.29, 0.717) is 13.2 Å². The second kappa shape index (κ2) is 9.76. The highest BCUT2D eigenvalue weighted by Gasteiger charge is 2.28. The monoisotopic (exact) mass is 257 g/mol. The van der Waals surface area contributed by atoms with Crippen molar-refractivity contribution in [1.29, 1.82) is 0 Å². The fourth-order valence-corrected chi connectivity index (χ4v) is 2.93. The molecule has 1 aliphatic carbocycles. The van der Waals surface area contributed by atoms with E-state index in [1.165, 1.54) is 57.8 Å². The Kier molecular flexibility index (Phi) is 8.64.